The van der Waals surface area contributed by atoms with Crippen LogP contribution < -0.4 is 26.6 Å². The van der Waals surface area contributed by atoms with Gasteiger partial charge >= 0.3 is 5.97 Å². The number of nitrogens with one attached hydrogen (secondary N) is 5. The Kier molecular flexibility index (Phi) is 15.6. The summed E-state index contributed by atoms with van der Waals surface area (Å²) in [6, 6.07) is -3.93. The van der Waals surface area contributed by atoms with Crippen LogP contribution in [0.4, 0.5) is 0 Å². The molecule has 1 saturated heterocycles. The van der Waals surface area contributed by atoms with E-state index in [2.05, 4.69) is 31.3 Å². The second-order valence-corrected chi connectivity index (χ2v) is 12.2. The number of carbonyl (C=O) groups is 7. The first-order valence-corrected chi connectivity index (χ1v) is 14.8. The smallest absolute Gasteiger partial charge is 0.330 e. The number of ether oxygens (including phenoxy) is 1. The summed E-state index contributed by atoms with van der Waals surface area (Å²) < 4.78 is 4.61. The molecule has 0 aromatic carbocycles. The lowest BCUT2D eigenvalue weighted by Gasteiger charge is -2.25. The van der Waals surface area contributed by atoms with Gasteiger partial charge in [0.15, 0.2) is 0 Å². The third-order valence-corrected chi connectivity index (χ3v) is 6.71. The van der Waals surface area contributed by atoms with Crippen LogP contribution in [0.15, 0.2) is 12.2 Å². The highest BCUT2D eigenvalue weighted by Gasteiger charge is 2.35. The molecule has 6 amide bonds. The normalized spacial score (nSPS) is 23.1. The Morgan fingerprint density at radius 2 is 1.37 bits per heavy atom. The van der Waals surface area contributed by atoms with Crippen molar-refractivity contribution in [3.8, 4) is 0 Å². The van der Waals surface area contributed by atoms with Gasteiger partial charge < -0.3 is 26.0 Å². The van der Waals surface area contributed by atoms with Crippen LogP contribution in [-0.2, 0) is 38.3 Å². The molecule has 1 aliphatic heterocycles. The molecule has 1 rings (SSSR count). The van der Waals surface area contributed by atoms with Crippen molar-refractivity contribution in [1.82, 2.24) is 26.6 Å². The highest BCUT2D eigenvalue weighted by atomic mass is 16.5. The molecule has 0 bridgehead atoms. The average Bonchev–Trinajstić information content (AvgIpc) is 2.90. The van der Waals surface area contributed by atoms with Crippen LogP contribution in [0.5, 0.6) is 0 Å². The van der Waals surface area contributed by atoms with Gasteiger partial charge in [-0.15, -0.1) is 0 Å². The van der Waals surface area contributed by atoms with Crippen molar-refractivity contribution in [2.45, 2.75) is 105 Å². The summed E-state index contributed by atoms with van der Waals surface area (Å²) in [4.78, 5) is 89.9. The Bertz CT molecular complexity index is 1060. The van der Waals surface area contributed by atoms with Gasteiger partial charge in [0.05, 0.1) is 7.11 Å². The summed E-state index contributed by atoms with van der Waals surface area (Å²) in [7, 11) is 1.25. The summed E-state index contributed by atoms with van der Waals surface area (Å²) in [6.45, 7) is 12.7. The molecule has 13 nitrogen and oxygen atoms in total. The van der Waals surface area contributed by atoms with E-state index in [9.17, 15) is 33.6 Å². The molecule has 0 aliphatic carbocycles. The average molecular weight is 608 g/mol. The van der Waals surface area contributed by atoms with Gasteiger partial charge in [0.1, 0.15) is 24.0 Å². The van der Waals surface area contributed by atoms with E-state index < -0.39 is 71.5 Å². The second kappa shape index (κ2) is 18.0. The van der Waals surface area contributed by atoms with E-state index in [0.717, 1.165) is 0 Å². The van der Waals surface area contributed by atoms with Gasteiger partial charge in [-0.3, -0.25) is 34.1 Å². The van der Waals surface area contributed by atoms with Crippen molar-refractivity contribution in [2.24, 2.45) is 23.7 Å². The lowest BCUT2D eigenvalue weighted by molar-refractivity contribution is -0.141. The molecule has 242 valence electrons. The van der Waals surface area contributed by atoms with Crippen LogP contribution in [0.2, 0.25) is 0 Å². The Balaban J connectivity index is 3.24. The third-order valence-electron chi connectivity index (χ3n) is 6.71. The van der Waals surface area contributed by atoms with E-state index in [-0.39, 0.29) is 43.4 Å². The predicted octanol–water partition coefficient (Wildman–Crippen LogP) is 0.866. The van der Waals surface area contributed by atoms with Crippen LogP contribution in [0.3, 0.4) is 0 Å². The van der Waals surface area contributed by atoms with Crippen LogP contribution >= 0.6 is 0 Å². The maximum Gasteiger partial charge on any atom is 0.330 e. The quantitative estimate of drug-likeness (QED) is 0.0935. The van der Waals surface area contributed by atoms with Crippen LogP contribution in [-0.4, -0.2) is 72.7 Å². The van der Waals surface area contributed by atoms with Gasteiger partial charge in [-0.2, -0.15) is 0 Å². The largest absolute Gasteiger partial charge is 0.466 e. The number of amides is 6. The summed E-state index contributed by atoms with van der Waals surface area (Å²) in [5, 5.41) is 12.8. The SMILES string of the molecule is COC(=O)/C=C/[C@H](CC(C)C)NC(=O)CC[C@@H]1NC(=O)[C@H](CC(C)C)NC(=O)[C@H](CC(C)C)C(=O)NC(=O)[C@H](C)NC1=O. The first-order valence-electron chi connectivity index (χ1n) is 14.8. The topological polar surface area (TPSA) is 189 Å². The molecule has 0 aromatic heterocycles. The molecule has 0 spiro atoms. The Morgan fingerprint density at radius 1 is 0.791 bits per heavy atom. The fourth-order valence-electron chi connectivity index (χ4n) is 4.53. The molecule has 0 radical (unpaired) electrons. The maximum absolute atomic E-state index is 13.4. The zero-order valence-corrected chi connectivity index (χ0v) is 26.6. The second-order valence-electron chi connectivity index (χ2n) is 12.2. The number of imide groups is 1. The van der Waals surface area contributed by atoms with Crippen molar-refractivity contribution in [2.75, 3.05) is 7.11 Å². The number of hydrogen-bond acceptors (Lipinski definition) is 8. The minimum atomic E-state index is -1.22. The number of esters is 1. The maximum atomic E-state index is 13.4. The molecule has 1 heterocycles. The number of carbonyl (C=O) groups excluding carboxylic acids is 7. The standard InChI is InChI=1S/C30H49N5O8/c1-16(2)13-20(9-12-25(37)43-8)32-24(36)11-10-22-29(41)31-19(7)26(38)35-28(40)21(14-17(3)4)27(39)34-23(15-18(5)6)30(42)33-22/h9,12,16-23H,10-11,13-15H2,1-8H3,(H,31,41)(H,32,36)(H,33,42)(H,34,39)(H,35,38,40)/b12-9+/t19-,20+,21-,22-,23-/m0/s1. The molecule has 0 aromatic rings. The zero-order valence-electron chi connectivity index (χ0n) is 26.6. The van der Waals surface area contributed by atoms with Gasteiger partial charge in [0.25, 0.3) is 0 Å². The first kappa shape index (κ1) is 37.3. The fourth-order valence-corrected chi connectivity index (χ4v) is 4.53. The lowest BCUT2D eigenvalue weighted by Crippen LogP contribution is -2.56. The van der Waals surface area contributed by atoms with Crippen molar-refractivity contribution in [3.05, 3.63) is 12.2 Å². The van der Waals surface area contributed by atoms with E-state index in [1.165, 1.54) is 26.2 Å². The van der Waals surface area contributed by atoms with E-state index in [1.807, 2.05) is 41.5 Å². The molecule has 0 unspecified atom stereocenters. The molecule has 1 fully saturated rings. The zero-order chi connectivity index (χ0) is 32.9. The number of methoxy groups -OCH3 is 1. The van der Waals surface area contributed by atoms with E-state index in [0.29, 0.717) is 6.42 Å². The summed E-state index contributed by atoms with van der Waals surface area (Å²) >= 11 is 0. The molecular weight excluding hydrogens is 558 g/mol. The number of hydrogen-bond donors (Lipinski definition) is 5. The fraction of sp³-hybridized carbons (Fsp3) is 0.700. The number of rotatable bonds is 12. The van der Waals surface area contributed by atoms with E-state index >= 15 is 0 Å². The van der Waals surface area contributed by atoms with Crippen molar-refractivity contribution in [1.29, 1.82) is 0 Å². The molecule has 0 saturated carbocycles. The lowest BCUT2D eigenvalue weighted by atomic mass is 9.94. The van der Waals surface area contributed by atoms with Crippen molar-refractivity contribution < 1.29 is 38.3 Å². The van der Waals surface area contributed by atoms with Gasteiger partial charge in [0, 0.05) is 18.5 Å². The van der Waals surface area contributed by atoms with Gasteiger partial charge in [-0.25, -0.2) is 4.79 Å². The Hall–Kier alpha value is -3.77. The van der Waals surface area contributed by atoms with E-state index in [1.54, 1.807) is 0 Å². The molecule has 5 atom stereocenters. The molecular formula is C30H49N5O8. The summed E-state index contributed by atoms with van der Waals surface area (Å²) in [5.41, 5.74) is 0. The Morgan fingerprint density at radius 3 is 1.93 bits per heavy atom. The van der Waals surface area contributed by atoms with Gasteiger partial charge in [-0.1, -0.05) is 47.6 Å². The van der Waals surface area contributed by atoms with Gasteiger partial charge in [0.2, 0.25) is 35.4 Å². The highest BCUT2D eigenvalue weighted by molar-refractivity contribution is 6.09. The highest BCUT2D eigenvalue weighted by Crippen LogP contribution is 2.15. The summed E-state index contributed by atoms with van der Waals surface area (Å²) in [5.74, 6) is -5.81. The van der Waals surface area contributed by atoms with Crippen molar-refractivity contribution >= 4 is 41.4 Å². The van der Waals surface area contributed by atoms with Gasteiger partial charge in [-0.05, 0) is 50.4 Å². The van der Waals surface area contributed by atoms with Crippen LogP contribution in [0.25, 0.3) is 0 Å². The minimum Gasteiger partial charge on any atom is -0.466 e. The molecule has 5 N–H and O–H groups in total. The van der Waals surface area contributed by atoms with Crippen molar-refractivity contribution in [3.63, 3.8) is 0 Å². The third kappa shape index (κ3) is 13.8. The molecule has 1 aliphatic rings. The summed E-state index contributed by atoms with van der Waals surface area (Å²) in [6.07, 6.45) is 3.37. The monoisotopic (exact) mass is 607 g/mol. The molecule has 13 heteroatoms. The van der Waals surface area contributed by atoms with Crippen LogP contribution in [0, 0.1) is 23.7 Å². The molecule has 43 heavy (non-hydrogen) atoms. The predicted molar refractivity (Wildman–Crippen MR) is 159 cm³/mol. The van der Waals surface area contributed by atoms with Crippen LogP contribution in [0.1, 0.15) is 80.6 Å². The first-order chi connectivity index (χ1) is 20.0. The Labute approximate surface area is 254 Å². The minimum absolute atomic E-state index is 0.0281. The van der Waals surface area contributed by atoms with E-state index in [4.69, 9.17) is 0 Å².